The number of amides is 2. The van der Waals surface area contributed by atoms with Crippen LogP contribution in [0.3, 0.4) is 0 Å². The van der Waals surface area contributed by atoms with Crippen molar-refractivity contribution in [2.75, 3.05) is 31.1 Å². The topological polar surface area (TPSA) is 80.3 Å². The van der Waals surface area contributed by atoms with E-state index in [0.29, 0.717) is 18.3 Å². The molecule has 8 nitrogen and oxygen atoms in total. The second kappa shape index (κ2) is 9.48. The Bertz CT molecular complexity index is 759. The molecule has 2 amide bonds. The molecule has 1 N–H and O–H groups in total. The van der Waals surface area contributed by atoms with Crippen molar-refractivity contribution in [2.24, 2.45) is 0 Å². The SMILES string of the molecule is CC1CN2CC(C)O[Si](CCCNC3CC(=O)N(c4ccccc4)C3=O)(O1)OC(C)C2. The molecule has 4 fully saturated rings. The number of benzene rings is 1. The predicted molar refractivity (Wildman–Crippen MR) is 119 cm³/mol. The second-order valence-corrected chi connectivity index (χ2v) is 11.5. The Morgan fingerprint density at radius 3 is 2.13 bits per heavy atom. The zero-order valence-electron chi connectivity index (χ0n) is 18.6. The first-order valence-electron chi connectivity index (χ1n) is 11.3. The second-order valence-electron chi connectivity index (χ2n) is 8.90. The fourth-order valence-corrected chi connectivity index (χ4v) is 8.02. The van der Waals surface area contributed by atoms with Gasteiger partial charge >= 0.3 is 8.80 Å². The number of para-hydroxylation sites is 1. The number of nitrogens with zero attached hydrogens (tertiary/aromatic N) is 2. The number of imide groups is 1. The Hall–Kier alpha value is -1.62. The van der Waals surface area contributed by atoms with Gasteiger partial charge in [0.2, 0.25) is 5.91 Å². The van der Waals surface area contributed by atoms with Gasteiger partial charge in [0.15, 0.2) is 0 Å². The lowest BCUT2D eigenvalue weighted by molar-refractivity contribution is -0.121. The zero-order chi connectivity index (χ0) is 22.0. The van der Waals surface area contributed by atoms with Crippen molar-refractivity contribution in [3.05, 3.63) is 30.3 Å². The summed E-state index contributed by atoms with van der Waals surface area (Å²) < 4.78 is 19.1. The fourth-order valence-electron chi connectivity index (χ4n) is 4.83. The molecule has 2 bridgehead atoms. The predicted octanol–water partition coefficient (Wildman–Crippen LogP) is 1.78. The van der Waals surface area contributed by atoms with Crippen molar-refractivity contribution >= 4 is 26.3 Å². The summed E-state index contributed by atoms with van der Waals surface area (Å²) in [6.45, 7) is 9.50. The number of carbonyl (C=O) groups excluding carboxylic acids is 2. The highest BCUT2D eigenvalue weighted by Gasteiger charge is 2.48. The summed E-state index contributed by atoms with van der Waals surface area (Å²) in [4.78, 5) is 28.8. The smallest absolute Gasteiger partial charge is 0.369 e. The highest BCUT2D eigenvalue weighted by molar-refractivity contribution is 6.60. The van der Waals surface area contributed by atoms with E-state index < -0.39 is 14.8 Å². The van der Waals surface area contributed by atoms with Gasteiger partial charge in [-0.05, 0) is 45.9 Å². The lowest BCUT2D eigenvalue weighted by Crippen LogP contribution is -2.61. The minimum atomic E-state index is -2.82. The van der Waals surface area contributed by atoms with Crippen LogP contribution in [0.2, 0.25) is 6.04 Å². The molecule has 1 aromatic rings. The number of hydrogen-bond acceptors (Lipinski definition) is 7. The Morgan fingerprint density at radius 1 is 0.968 bits per heavy atom. The van der Waals surface area contributed by atoms with Gasteiger partial charge in [0, 0.05) is 25.7 Å². The van der Waals surface area contributed by atoms with Crippen LogP contribution < -0.4 is 10.2 Å². The summed E-state index contributed by atoms with van der Waals surface area (Å²) in [6.07, 6.45) is 1.13. The van der Waals surface area contributed by atoms with Crippen molar-refractivity contribution in [3.8, 4) is 0 Å². The lowest BCUT2D eigenvalue weighted by atomic mass is 10.2. The number of fused-ring (bicyclic) bond motifs is 6. The molecular weight excluding hydrogens is 414 g/mol. The third kappa shape index (κ3) is 5.24. The zero-order valence-corrected chi connectivity index (χ0v) is 19.6. The lowest BCUT2D eigenvalue weighted by Gasteiger charge is -2.45. The van der Waals surface area contributed by atoms with Crippen molar-refractivity contribution in [3.63, 3.8) is 0 Å². The van der Waals surface area contributed by atoms with Crippen LogP contribution in [0.5, 0.6) is 0 Å². The van der Waals surface area contributed by atoms with E-state index >= 15 is 0 Å². The third-order valence-electron chi connectivity index (χ3n) is 5.90. The minimum absolute atomic E-state index is 0.0630. The van der Waals surface area contributed by atoms with E-state index in [1.54, 1.807) is 12.1 Å². The Morgan fingerprint density at radius 2 is 1.55 bits per heavy atom. The third-order valence-corrected chi connectivity index (χ3v) is 9.15. The first-order valence-corrected chi connectivity index (χ1v) is 13.2. The van der Waals surface area contributed by atoms with E-state index in [0.717, 1.165) is 26.1 Å². The molecule has 4 unspecified atom stereocenters. The van der Waals surface area contributed by atoms with Crippen molar-refractivity contribution in [1.29, 1.82) is 0 Å². The molecule has 4 aliphatic rings. The van der Waals surface area contributed by atoms with Crippen LogP contribution >= 0.6 is 0 Å². The van der Waals surface area contributed by atoms with Crippen LogP contribution in [-0.4, -0.2) is 76.1 Å². The maximum Gasteiger partial charge on any atom is 0.501 e. The van der Waals surface area contributed by atoms with Crippen LogP contribution in [0.25, 0.3) is 0 Å². The van der Waals surface area contributed by atoms with E-state index in [1.807, 2.05) is 18.2 Å². The van der Waals surface area contributed by atoms with Gasteiger partial charge in [-0.2, -0.15) is 0 Å². The maximum absolute atomic E-state index is 12.8. The molecule has 170 valence electrons. The molecule has 31 heavy (non-hydrogen) atoms. The summed E-state index contributed by atoms with van der Waals surface area (Å²) >= 11 is 0. The Kier molecular flexibility index (Phi) is 6.90. The average Bonchev–Trinajstić information content (AvgIpc) is 2.96. The average molecular weight is 448 g/mol. The van der Waals surface area contributed by atoms with Crippen LogP contribution in [0.4, 0.5) is 5.69 Å². The van der Waals surface area contributed by atoms with Crippen molar-refractivity contribution in [1.82, 2.24) is 10.2 Å². The van der Waals surface area contributed by atoms with Gasteiger partial charge in [0.25, 0.3) is 5.91 Å². The van der Waals surface area contributed by atoms with Gasteiger partial charge in [-0.15, -0.1) is 0 Å². The van der Waals surface area contributed by atoms with E-state index in [4.69, 9.17) is 13.3 Å². The summed E-state index contributed by atoms with van der Waals surface area (Å²) in [5, 5.41) is 3.27. The summed E-state index contributed by atoms with van der Waals surface area (Å²) in [5.74, 6) is -0.360. The van der Waals surface area contributed by atoms with E-state index in [-0.39, 0.29) is 36.5 Å². The molecule has 0 radical (unpaired) electrons. The molecule has 4 atom stereocenters. The molecular formula is C22H33N3O5Si. The van der Waals surface area contributed by atoms with Gasteiger partial charge < -0.3 is 18.6 Å². The molecule has 0 aliphatic carbocycles. The highest BCUT2D eigenvalue weighted by atomic mass is 28.4. The molecule has 4 saturated heterocycles. The number of anilines is 1. The molecule has 1 aromatic carbocycles. The van der Waals surface area contributed by atoms with Crippen LogP contribution in [0.15, 0.2) is 30.3 Å². The molecule has 0 saturated carbocycles. The fraction of sp³-hybridized carbons (Fsp3) is 0.636. The quantitative estimate of drug-likeness (QED) is 0.404. The van der Waals surface area contributed by atoms with Crippen molar-refractivity contribution in [2.45, 2.75) is 64.0 Å². The molecule has 0 aromatic heterocycles. The van der Waals surface area contributed by atoms with Gasteiger partial charge in [0.1, 0.15) is 0 Å². The molecule has 9 heteroatoms. The Balaban J connectivity index is 1.34. The Labute approximate surface area is 185 Å². The van der Waals surface area contributed by atoms with Crippen LogP contribution in [0, 0.1) is 0 Å². The summed E-state index contributed by atoms with van der Waals surface area (Å²) in [6, 6.07) is 9.28. The normalized spacial score (nSPS) is 36.4. The van der Waals surface area contributed by atoms with Crippen LogP contribution in [-0.2, 0) is 22.9 Å². The molecule has 4 aliphatic heterocycles. The number of hydrogen-bond donors (Lipinski definition) is 1. The summed E-state index contributed by atoms with van der Waals surface area (Å²) in [5.41, 5.74) is 0.623. The molecule has 4 heterocycles. The van der Waals surface area contributed by atoms with Crippen molar-refractivity contribution < 1.29 is 22.9 Å². The van der Waals surface area contributed by atoms with Gasteiger partial charge in [-0.3, -0.25) is 14.5 Å². The van der Waals surface area contributed by atoms with Gasteiger partial charge in [-0.25, -0.2) is 4.90 Å². The van der Waals surface area contributed by atoms with Crippen LogP contribution in [0.1, 0.15) is 33.6 Å². The minimum Gasteiger partial charge on any atom is -0.369 e. The van der Waals surface area contributed by atoms with E-state index in [1.165, 1.54) is 4.90 Å². The standard InChI is InChI=1S/C22H33N3O5Si/c1-16-13-24-14-17(2)29-31(28-16,30-18(3)15-24)11-7-10-23-20-12-21(26)25(22(20)27)19-8-5-4-6-9-19/h4-6,8-9,16-18,20,23H,7,10-15H2,1-3H3. The first kappa shape index (κ1) is 22.6. The van der Waals surface area contributed by atoms with Gasteiger partial charge in [0.05, 0.1) is 36.5 Å². The van der Waals surface area contributed by atoms with E-state index in [9.17, 15) is 9.59 Å². The molecule has 0 spiro atoms. The number of nitrogens with one attached hydrogen (secondary N) is 1. The summed E-state index contributed by atoms with van der Waals surface area (Å²) in [7, 11) is -2.82. The maximum atomic E-state index is 12.8. The highest BCUT2D eigenvalue weighted by Crippen LogP contribution is 2.29. The first-order chi connectivity index (χ1) is 14.8. The molecule has 5 rings (SSSR count). The number of rotatable bonds is 6. The van der Waals surface area contributed by atoms with Gasteiger partial charge in [-0.1, -0.05) is 18.2 Å². The van der Waals surface area contributed by atoms with E-state index in [2.05, 4.69) is 31.0 Å². The monoisotopic (exact) mass is 447 g/mol. The number of carbonyl (C=O) groups is 2. The largest absolute Gasteiger partial charge is 0.501 e.